The van der Waals surface area contributed by atoms with E-state index in [1.165, 1.54) is 31.2 Å². The van der Waals surface area contributed by atoms with Crippen LogP contribution in [0.15, 0.2) is 46.9 Å². The number of carbonyl (C=O) groups excluding carboxylic acids is 2. The van der Waals surface area contributed by atoms with Gasteiger partial charge in [-0.25, -0.2) is 4.79 Å². The topological polar surface area (TPSA) is 117 Å². The van der Waals surface area contributed by atoms with Crippen LogP contribution in [0.25, 0.3) is 11.5 Å². The summed E-state index contributed by atoms with van der Waals surface area (Å²) >= 11 is 0. The van der Waals surface area contributed by atoms with Gasteiger partial charge in [0.05, 0.1) is 12.1 Å². The zero-order chi connectivity index (χ0) is 25.5. The Morgan fingerprint density at radius 1 is 1.11 bits per heavy atom. The minimum atomic E-state index is -4.62. The molecule has 1 fully saturated rings. The fourth-order valence-electron chi connectivity index (χ4n) is 3.84. The average Bonchev–Trinajstić information content (AvgIpc) is 3.23. The molecule has 1 aromatic heterocycles. The summed E-state index contributed by atoms with van der Waals surface area (Å²) < 4.78 is 45.3. The number of carboxylic acids is 1. The normalized spacial score (nSPS) is 16.7. The number of alkyl halides is 3. The molecular formula is C23H19F3N4O5. The second-order valence-electron chi connectivity index (χ2n) is 7.97. The molecular weight excluding hydrogens is 469 g/mol. The Morgan fingerprint density at radius 3 is 2.37 bits per heavy atom. The average molecular weight is 488 g/mol. The number of rotatable bonds is 5. The van der Waals surface area contributed by atoms with Gasteiger partial charge < -0.3 is 9.52 Å². The number of halogens is 3. The van der Waals surface area contributed by atoms with Gasteiger partial charge in [0.1, 0.15) is 0 Å². The third kappa shape index (κ3) is 4.59. The molecule has 1 N–H and O–H groups in total. The molecule has 1 aliphatic heterocycles. The molecule has 1 atom stereocenters. The minimum Gasteiger partial charge on any atom is -0.481 e. The van der Waals surface area contributed by atoms with Gasteiger partial charge in [-0.1, -0.05) is 12.1 Å². The molecule has 35 heavy (non-hydrogen) atoms. The lowest BCUT2D eigenvalue weighted by molar-refractivity contribution is -0.150. The highest BCUT2D eigenvalue weighted by molar-refractivity contribution is 6.12. The number of imide groups is 1. The number of nitrogens with zero attached hydrogens (tertiary/aromatic N) is 4. The summed E-state index contributed by atoms with van der Waals surface area (Å²) in [5, 5.41) is 17.2. The number of aryl methyl sites for hydroxylation is 1. The van der Waals surface area contributed by atoms with Crippen LogP contribution in [-0.4, -0.2) is 44.7 Å². The van der Waals surface area contributed by atoms with E-state index in [9.17, 15) is 32.7 Å². The highest BCUT2D eigenvalue weighted by Crippen LogP contribution is 2.34. The molecule has 182 valence electrons. The van der Waals surface area contributed by atoms with Gasteiger partial charge in [-0.3, -0.25) is 19.4 Å². The molecule has 2 heterocycles. The lowest BCUT2D eigenvalue weighted by Gasteiger charge is -2.37. The van der Waals surface area contributed by atoms with Crippen LogP contribution in [0.2, 0.25) is 0 Å². The van der Waals surface area contributed by atoms with Crippen molar-refractivity contribution in [3.8, 4) is 11.5 Å². The Morgan fingerprint density at radius 2 is 1.80 bits per heavy atom. The molecule has 0 aliphatic carbocycles. The molecule has 1 aliphatic rings. The third-order valence-corrected chi connectivity index (χ3v) is 5.72. The number of anilines is 1. The number of hydrogen-bond donors (Lipinski definition) is 1. The Balaban J connectivity index is 1.67. The first-order valence-corrected chi connectivity index (χ1v) is 10.4. The predicted molar refractivity (Wildman–Crippen MR) is 115 cm³/mol. The van der Waals surface area contributed by atoms with Gasteiger partial charge in [0.25, 0.3) is 0 Å². The summed E-state index contributed by atoms with van der Waals surface area (Å²) in [7, 11) is 0. The summed E-state index contributed by atoms with van der Waals surface area (Å²) in [5.41, 5.74) is -0.121. The van der Waals surface area contributed by atoms with E-state index in [-0.39, 0.29) is 17.0 Å². The highest BCUT2D eigenvalue weighted by Gasteiger charge is 2.44. The lowest BCUT2D eigenvalue weighted by atomic mass is 9.99. The summed E-state index contributed by atoms with van der Waals surface area (Å²) in [6.45, 7) is 1.93. The van der Waals surface area contributed by atoms with Gasteiger partial charge in [-0.2, -0.15) is 13.2 Å². The molecule has 1 saturated heterocycles. The summed E-state index contributed by atoms with van der Waals surface area (Å²) in [6, 6.07) is 8.81. The maximum Gasteiger partial charge on any atom is 0.416 e. The van der Waals surface area contributed by atoms with E-state index < -0.39 is 48.7 Å². The number of benzene rings is 2. The van der Waals surface area contributed by atoms with Crippen LogP contribution in [0.5, 0.6) is 0 Å². The van der Waals surface area contributed by atoms with E-state index in [0.717, 1.165) is 11.0 Å². The smallest absolute Gasteiger partial charge is 0.416 e. The van der Waals surface area contributed by atoms with Crippen LogP contribution in [0.1, 0.15) is 22.6 Å². The molecule has 2 aromatic carbocycles. The van der Waals surface area contributed by atoms with Crippen molar-refractivity contribution in [3.05, 3.63) is 65.0 Å². The maximum atomic E-state index is 13.3. The molecule has 0 bridgehead atoms. The molecule has 0 radical (unpaired) electrons. The van der Waals surface area contributed by atoms with Crippen LogP contribution < -0.4 is 4.90 Å². The molecule has 9 nitrogen and oxygen atoms in total. The Labute approximate surface area is 196 Å². The van der Waals surface area contributed by atoms with E-state index in [1.54, 1.807) is 19.1 Å². The summed E-state index contributed by atoms with van der Waals surface area (Å²) in [6.07, 6.45) is -4.62. The zero-order valence-electron chi connectivity index (χ0n) is 18.5. The lowest BCUT2D eigenvalue weighted by Crippen LogP contribution is -2.58. The summed E-state index contributed by atoms with van der Waals surface area (Å²) in [4.78, 5) is 39.6. The molecule has 12 heteroatoms. The van der Waals surface area contributed by atoms with Crippen molar-refractivity contribution in [2.75, 3.05) is 11.4 Å². The van der Waals surface area contributed by atoms with Crippen molar-refractivity contribution in [3.63, 3.8) is 0 Å². The van der Waals surface area contributed by atoms with Gasteiger partial charge >= 0.3 is 18.2 Å². The predicted octanol–water partition coefficient (Wildman–Crippen LogP) is 4.04. The number of amides is 3. The Kier molecular flexibility index (Phi) is 6.05. The molecule has 3 amide bonds. The van der Waals surface area contributed by atoms with Crippen LogP contribution in [-0.2, 0) is 22.3 Å². The summed E-state index contributed by atoms with van der Waals surface area (Å²) in [5.74, 6) is -3.42. The molecule has 0 saturated carbocycles. The van der Waals surface area contributed by atoms with Crippen molar-refractivity contribution in [2.45, 2.75) is 26.6 Å². The number of hydrogen-bond acceptors (Lipinski definition) is 6. The second kappa shape index (κ2) is 8.85. The van der Waals surface area contributed by atoms with Gasteiger partial charge in [0, 0.05) is 24.7 Å². The number of carbonyl (C=O) groups is 3. The van der Waals surface area contributed by atoms with Gasteiger partial charge in [-0.05, 0) is 48.4 Å². The van der Waals surface area contributed by atoms with Gasteiger partial charge in [0.2, 0.25) is 17.7 Å². The molecule has 0 spiro atoms. The fourth-order valence-corrected chi connectivity index (χ4v) is 3.84. The Hall–Kier alpha value is -4.22. The van der Waals surface area contributed by atoms with E-state index in [4.69, 9.17) is 4.42 Å². The van der Waals surface area contributed by atoms with Gasteiger partial charge in [0.15, 0.2) is 5.92 Å². The second-order valence-corrected chi connectivity index (χ2v) is 7.97. The number of aliphatic carboxylic acids is 1. The van der Waals surface area contributed by atoms with E-state index >= 15 is 0 Å². The zero-order valence-corrected chi connectivity index (χ0v) is 18.5. The van der Waals surface area contributed by atoms with E-state index in [2.05, 4.69) is 10.2 Å². The first kappa shape index (κ1) is 23.9. The SMILES string of the molecule is Cc1nnc(-c2ccc(N3CC(C(=O)O)C(=O)N(Cc4cccc(C(F)(F)F)c4C)C3=O)cc2)o1. The number of urea groups is 1. The van der Waals surface area contributed by atoms with Crippen molar-refractivity contribution in [2.24, 2.45) is 5.92 Å². The fraction of sp³-hybridized carbons (Fsp3) is 0.261. The van der Waals surface area contributed by atoms with Crippen LogP contribution >= 0.6 is 0 Å². The van der Waals surface area contributed by atoms with Crippen LogP contribution in [0.4, 0.5) is 23.7 Å². The van der Waals surface area contributed by atoms with Gasteiger partial charge in [-0.15, -0.1) is 10.2 Å². The largest absolute Gasteiger partial charge is 0.481 e. The minimum absolute atomic E-state index is 0.0784. The van der Waals surface area contributed by atoms with E-state index in [1.807, 2.05) is 0 Å². The Bertz CT molecular complexity index is 1300. The van der Waals surface area contributed by atoms with E-state index in [0.29, 0.717) is 22.0 Å². The third-order valence-electron chi connectivity index (χ3n) is 5.72. The molecule has 1 unspecified atom stereocenters. The molecule has 3 aromatic rings. The van der Waals surface area contributed by atoms with Crippen LogP contribution in [0.3, 0.4) is 0 Å². The number of carboxylic acid groups (broad SMARTS) is 1. The monoisotopic (exact) mass is 488 g/mol. The first-order chi connectivity index (χ1) is 16.5. The van der Waals surface area contributed by atoms with Crippen molar-refractivity contribution in [1.29, 1.82) is 0 Å². The van der Waals surface area contributed by atoms with Crippen molar-refractivity contribution in [1.82, 2.24) is 15.1 Å². The highest BCUT2D eigenvalue weighted by atomic mass is 19.4. The van der Waals surface area contributed by atoms with Crippen molar-refractivity contribution < 1.29 is 37.1 Å². The van der Waals surface area contributed by atoms with Crippen molar-refractivity contribution >= 4 is 23.6 Å². The molecule has 4 rings (SSSR count). The van der Waals surface area contributed by atoms with Crippen LogP contribution in [0, 0.1) is 19.8 Å². The standard InChI is InChI=1S/C23H19F3N4O5/c1-12-15(4-3-5-18(12)23(24,25)26)10-30-20(31)17(21(32)33)11-29(22(30)34)16-8-6-14(7-9-16)19-28-27-13(2)35-19/h3-9,17H,10-11H2,1-2H3,(H,32,33). The maximum absolute atomic E-state index is 13.3. The quantitative estimate of drug-likeness (QED) is 0.539. The number of aromatic nitrogens is 2. The first-order valence-electron chi connectivity index (χ1n) is 10.4.